The van der Waals surface area contributed by atoms with Crippen molar-refractivity contribution in [1.82, 2.24) is 4.98 Å². The Bertz CT molecular complexity index is 460. The van der Waals surface area contributed by atoms with E-state index in [0.717, 1.165) is 22.5 Å². The quantitative estimate of drug-likeness (QED) is 0.775. The van der Waals surface area contributed by atoms with E-state index in [0.29, 0.717) is 0 Å². The average Bonchev–Trinajstić information content (AvgIpc) is 2.57. The van der Waals surface area contributed by atoms with Crippen molar-refractivity contribution in [2.75, 3.05) is 5.73 Å². The fourth-order valence-corrected chi connectivity index (χ4v) is 2.11. The van der Waals surface area contributed by atoms with E-state index in [9.17, 15) is 0 Å². The van der Waals surface area contributed by atoms with E-state index in [-0.39, 0.29) is 0 Å². The van der Waals surface area contributed by atoms with Gasteiger partial charge in [-0.3, -0.25) is 4.98 Å². The molecule has 0 aliphatic carbocycles. The molecule has 0 aliphatic heterocycles. The molecule has 2 heterocycles. The Morgan fingerprint density at radius 1 is 1.29 bits per heavy atom. The highest BCUT2D eigenvalue weighted by Gasteiger charge is 2.09. The molecule has 0 atom stereocenters. The zero-order chi connectivity index (χ0) is 10.1. The predicted molar refractivity (Wildman–Crippen MR) is 61.4 cm³/mol. The summed E-state index contributed by atoms with van der Waals surface area (Å²) in [5, 5.41) is 2.06. The van der Waals surface area contributed by atoms with E-state index < -0.39 is 0 Å². The summed E-state index contributed by atoms with van der Waals surface area (Å²) in [6.45, 7) is 4.09. The van der Waals surface area contributed by atoms with Gasteiger partial charge in [0.15, 0.2) is 0 Å². The van der Waals surface area contributed by atoms with Crippen LogP contribution >= 0.6 is 11.3 Å². The van der Waals surface area contributed by atoms with Crippen LogP contribution < -0.4 is 5.73 Å². The molecule has 2 rings (SSSR count). The van der Waals surface area contributed by atoms with Gasteiger partial charge in [0.2, 0.25) is 0 Å². The maximum atomic E-state index is 5.98. The number of rotatable bonds is 1. The van der Waals surface area contributed by atoms with Crippen molar-refractivity contribution in [2.45, 2.75) is 13.8 Å². The van der Waals surface area contributed by atoms with E-state index >= 15 is 0 Å². The van der Waals surface area contributed by atoms with Crippen LogP contribution in [0.1, 0.15) is 10.4 Å². The standard InChI is InChI=1S/C11H12N2S/c1-7-3-5-13-11(10(7)12)9-4-6-14-8(9)2/h3-6H,12H2,1-2H3. The predicted octanol–water partition coefficient (Wildman–Crippen LogP) is 3.01. The SMILES string of the molecule is Cc1ccnc(-c2ccsc2C)c1N. The Morgan fingerprint density at radius 2 is 2.07 bits per heavy atom. The minimum atomic E-state index is 0.786. The Hall–Kier alpha value is -1.35. The van der Waals surface area contributed by atoms with Gasteiger partial charge in [-0.15, -0.1) is 11.3 Å². The molecule has 3 heteroatoms. The third-order valence-electron chi connectivity index (χ3n) is 2.32. The third-order valence-corrected chi connectivity index (χ3v) is 3.17. The fraction of sp³-hybridized carbons (Fsp3) is 0.182. The third kappa shape index (κ3) is 1.40. The Kier molecular flexibility index (Phi) is 2.25. The number of hydrogen-bond acceptors (Lipinski definition) is 3. The second-order valence-corrected chi connectivity index (χ2v) is 4.40. The van der Waals surface area contributed by atoms with Gasteiger partial charge in [0.1, 0.15) is 0 Å². The van der Waals surface area contributed by atoms with Crippen molar-refractivity contribution in [3.8, 4) is 11.3 Å². The number of thiophene rings is 1. The highest BCUT2D eigenvalue weighted by Crippen LogP contribution is 2.31. The van der Waals surface area contributed by atoms with Gasteiger partial charge in [-0.25, -0.2) is 0 Å². The molecule has 14 heavy (non-hydrogen) atoms. The van der Waals surface area contributed by atoms with Gasteiger partial charge in [-0.2, -0.15) is 0 Å². The van der Waals surface area contributed by atoms with Crippen molar-refractivity contribution in [1.29, 1.82) is 0 Å². The van der Waals surface area contributed by atoms with Crippen LogP contribution in [0.5, 0.6) is 0 Å². The first-order valence-corrected chi connectivity index (χ1v) is 5.33. The number of pyridine rings is 1. The lowest BCUT2D eigenvalue weighted by Gasteiger charge is -2.06. The average molecular weight is 204 g/mol. The molecule has 2 nitrogen and oxygen atoms in total. The van der Waals surface area contributed by atoms with E-state index in [1.807, 2.05) is 13.0 Å². The Labute approximate surface area is 87.4 Å². The lowest BCUT2D eigenvalue weighted by atomic mass is 10.1. The summed E-state index contributed by atoms with van der Waals surface area (Å²) in [6.07, 6.45) is 1.80. The molecule has 0 aromatic carbocycles. The smallest absolute Gasteiger partial charge is 0.0944 e. The summed E-state index contributed by atoms with van der Waals surface area (Å²) in [7, 11) is 0. The van der Waals surface area contributed by atoms with E-state index in [2.05, 4.69) is 23.4 Å². The summed E-state index contributed by atoms with van der Waals surface area (Å²) in [6, 6.07) is 4.00. The molecule has 0 amide bonds. The molecule has 2 N–H and O–H groups in total. The summed E-state index contributed by atoms with van der Waals surface area (Å²) >= 11 is 1.72. The van der Waals surface area contributed by atoms with Crippen molar-refractivity contribution in [3.05, 3.63) is 34.2 Å². The molecule has 0 saturated carbocycles. The molecule has 0 unspecified atom stereocenters. The van der Waals surface area contributed by atoms with Gasteiger partial charge in [0.25, 0.3) is 0 Å². The summed E-state index contributed by atoms with van der Waals surface area (Å²) in [4.78, 5) is 5.58. The molecule has 0 bridgehead atoms. The van der Waals surface area contributed by atoms with E-state index in [1.165, 1.54) is 4.88 Å². The number of aryl methyl sites for hydroxylation is 2. The number of hydrogen-bond donors (Lipinski definition) is 1. The summed E-state index contributed by atoms with van der Waals surface area (Å²) < 4.78 is 0. The zero-order valence-electron chi connectivity index (χ0n) is 8.24. The summed E-state index contributed by atoms with van der Waals surface area (Å²) in [5.41, 5.74) is 9.91. The van der Waals surface area contributed by atoms with Crippen LogP contribution in [0.25, 0.3) is 11.3 Å². The molecule has 72 valence electrons. The summed E-state index contributed by atoms with van der Waals surface area (Å²) in [5.74, 6) is 0. The van der Waals surface area contributed by atoms with Crippen molar-refractivity contribution in [3.63, 3.8) is 0 Å². The lowest BCUT2D eigenvalue weighted by molar-refractivity contribution is 1.29. The molecule has 2 aromatic rings. The van der Waals surface area contributed by atoms with Crippen LogP contribution in [0.2, 0.25) is 0 Å². The molecule has 0 saturated heterocycles. The zero-order valence-corrected chi connectivity index (χ0v) is 9.06. The molecular weight excluding hydrogens is 192 g/mol. The highest BCUT2D eigenvalue weighted by molar-refractivity contribution is 7.10. The Balaban J connectivity index is 2.63. The van der Waals surface area contributed by atoms with Crippen LogP contribution in [0.4, 0.5) is 5.69 Å². The number of nitrogen functional groups attached to an aromatic ring is 1. The first-order valence-electron chi connectivity index (χ1n) is 4.45. The number of aromatic nitrogens is 1. The number of nitrogens with zero attached hydrogens (tertiary/aromatic N) is 1. The van der Waals surface area contributed by atoms with Crippen LogP contribution in [-0.4, -0.2) is 4.98 Å². The Morgan fingerprint density at radius 3 is 2.71 bits per heavy atom. The fourth-order valence-electron chi connectivity index (χ4n) is 1.41. The van der Waals surface area contributed by atoms with Crippen LogP contribution in [-0.2, 0) is 0 Å². The molecule has 0 fully saturated rings. The van der Waals surface area contributed by atoms with Crippen LogP contribution in [0.15, 0.2) is 23.7 Å². The first kappa shape index (κ1) is 9.21. The second-order valence-electron chi connectivity index (χ2n) is 3.28. The van der Waals surface area contributed by atoms with Gasteiger partial charge in [-0.05, 0) is 36.9 Å². The van der Waals surface area contributed by atoms with Crippen molar-refractivity contribution in [2.24, 2.45) is 0 Å². The molecule has 0 spiro atoms. The second kappa shape index (κ2) is 3.42. The maximum Gasteiger partial charge on any atom is 0.0944 e. The highest BCUT2D eigenvalue weighted by atomic mass is 32.1. The number of nitrogens with two attached hydrogens (primary N) is 1. The maximum absolute atomic E-state index is 5.98. The number of anilines is 1. The first-order chi connectivity index (χ1) is 6.70. The normalized spacial score (nSPS) is 10.4. The van der Waals surface area contributed by atoms with Gasteiger partial charge < -0.3 is 5.73 Å². The van der Waals surface area contributed by atoms with Gasteiger partial charge in [0, 0.05) is 16.6 Å². The van der Waals surface area contributed by atoms with Crippen molar-refractivity contribution < 1.29 is 0 Å². The largest absolute Gasteiger partial charge is 0.397 e. The van der Waals surface area contributed by atoms with Gasteiger partial charge in [0.05, 0.1) is 11.4 Å². The molecular formula is C11H12N2S. The van der Waals surface area contributed by atoms with Crippen LogP contribution in [0.3, 0.4) is 0 Å². The molecule has 0 aliphatic rings. The topological polar surface area (TPSA) is 38.9 Å². The van der Waals surface area contributed by atoms with E-state index in [1.54, 1.807) is 17.5 Å². The van der Waals surface area contributed by atoms with E-state index in [4.69, 9.17) is 5.73 Å². The van der Waals surface area contributed by atoms with Crippen molar-refractivity contribution >= 4 is 17.0 Å². The van der Waals surface area contributed by atoms with Gasteiger partial charge >= 0.3 is 0 Å². The minimum absolute atomic E-state index is 0.786. The minimum Gasteiger partial charge on any atom is -0.397 e. The molecule has 0 radical (unpaired) electrons. The monoisotopic (exact) mass is 204 g/mol. The lowest BCUT2D eigenvalue weighted by Crippen LogP contribution is -1.95. The van der Waals surface area contributed by atoms with Gasteiger partial charge in [-0.1, -0.05) is 0 Å². The van der Waals surface area contributed by atoms with Crippen LogP contribution in [0, 0.1) is 13.8 Å². The molecule has 2 aromatic heterocycles.